The fourth-order valence-corrected chi connectivity index (χ4v) is 5.09. The molecule has 3 fully saturated rings. The highest BCUT2D eigenvalue weighted by molar-refractivity contribution is 5.98. The van der Waals surface area contributed by atoms with Gasteiger partial charge in [-0.2, -0.15) is 0 Å². The van der Waals surface area contributed by atoms with Gasteiger partial charge in [-0.1, -0.05) is 12.1 Å². The highest BCUT2D eigenvalue weighted by Crippen LogP contribution is 2.28. The van der Waals surface area contributed by atoms with Crippen molar-refractivity contribution in [1.82, 2.24) is 15.2 Å². The maximum atomic E-state index is 11.6. The maximum Gasteiger partial charge on any atom is 0.227 e. The van der Waals surface area contributed by atoms with Gasteiger partial charge in [-0.15, -0.1) is 4.91 Å². The van der Waals surface area contributed by atoms with Gasteiger partial charge in [0.25, 0.3) is 0 Å². The predicted octanol–water partition coefficient (Wildman–Crippen LogP) is 2.50. The van der Waals surface area contributed by atoms with Crippen LogP contribution in [0.3, 0.4) is 0 Å². The van der Waals surface area contributed by atoms with E-state index in [-0.39, 0.29) is 17.7 Å². The van der Waals surface area contributed by atoms with Gasteiger partial charge in [0.1, 0.15) is 0 Å². The van der Waals surface area contributed by atoms with Crippen molar-refractivity contribution in [2.45, 2.75) is 44.4 Å². The van der Waals surface area contributed by atoms with Crippen molar-refractivity contribution in [1.29, 1.82) is 0 Å². The third kappa shape index (κ3) is 5.81. The maximum absolute atomic E-state index is 11.6. The molecule has 0 atom stereocenters. The zero-order valence-electron chi connectivity index (χ0n) is 18.2. The Labute approximate surface area is 183 Å². The number of hydrogen-bond acceptors (Lipinski definition) is 6. The van der Waals surface area contributed by atoms with E-state index < -0.39 is 0 Å². The highest BCUT2D eigenvalue weighted by atomic mass is 16.3. The molecular weight excluding hydrogens is 394 g/mol. The molecule has 168 valence electrons. The molecule has 0 aromatic heterocycles. The van der Waals surface area contributed by atoms with Crippen molar-refractivity contribution < 1.29 is 9.59 Å². The van der Waals surface area contributed by atoms with E-state index in [0.29, 0.717) is 12.8 Å². The van der Waals surface area contributed by atoms with Gasteiger partial charge in [0.2, 0.25) is 11.8 Å². The van der Waals surface area contributed by atoms with Gasteiger partial charge in [-0.05, 0) is 55.8 Å². The Hall–Kier alpha value is -2.48. The summed E-state index contributed by atoms with van der Waals surface area (Å²) in [5.74, 6) is 0.382. The van der Waals surface area contributed by atoms with Gasteiger partial charge < -0.3 is 4.90 Å². The Morgan fingerprint density at radius 1 is 0.903 bits per heavy atom. The lowest BCUT2D eigenvalue weighted by atomic mass is 9.89. The van der Waals surface area contributed by atoms with Gasteiger partial charge in [0, 0.05) is 63.7 Å². The Balaban J connectivity index is 1.18. The highest BCUT2D eigenvalue weighted by Gasteiger charge is 2.26. The number of piperazine rings is 1. The van der Waals surface area contributed by atoms with Gasteiger partial charge in [0.05, 0.1) is 5.29 Å². The third-order valence-electron chi connectivity index (χ3n) is 7.04. The van der Waals surface area contributed by atoms with Crippen LogP contribution in [-0.2, 0) is 9.59 Å². The van der Waals surface area contributed by atoms with Gasteiger partial charge in [-0.3, -0.25) is 24.8 Å². The molecule has 8 nitrogen and oxygen atoms in total. The number of imide groups is 1. The minimum absolute atomic E-state index is 0.00548. The van der Waals surface area contributed by atoms with E-state index in [1.165, 1.54) is 18.5 Å². The fraction of sp³-hybridized carbons (Fsp3) is 0.652. The first kappa shape index (κ1) is 21.7. The number of piperidine rings is 2. The summed E-state index contributed by atoms with van der Waals surface area (Å²) in [5, 5.41) is 7.07. The van der Waals surface area contributed by atoms with E-state index in [1.54, 1.807) is 5.01 Å². The molecule has 0 unspecified atom stereocenters. The largest absolute Gasteiger partial charge is 0.369 e. The van der Waals surface area contributed by atoms with E-state index in [0.717, 1.165) is 70.1 Å². The van der Waals surface area contributed by atoms with Crippen LogP contribution in [0, 0.1) is 10.8 Å². The first-order chi connectivity index (χ1) is 15.1. The van der Waals surface area contributed by atoms with Gasteiger partial charge in [-0.25, -0.2) is 0 Å². The van der Waals surface area contributed by atoms with Crippen LogP contribution in [0.25, 0.3) is 0 Å². The second-order valence-electron chi connectivity index (χ2n) is 9.12. The Morgan fingerprint density at radius 2 is 1.55 bits per heavy atom. The fourth-order valence-electron chi connectivity index (χ4n) is 5.09. The molecule has 1 aromatic carbocycles. The number of carbonyl (C=O) groups excluding carboxylic acids is 2. The molecule has 0 saturated carbocycles. The molecule has 0 bridgehead atoms. The zero-order valence-corrected chi connectivity index (χ0v) is 18.2. The molecule has 3 aliphatic heterocycles. The minimum atomic E-state index is -0.176. The summed E-state index contributed by atoms with van der Waals surface area (Å²) in [6, 6.07) is 8.40. The number of anilines is 1. The van der Waals surface area contributed by atoms with Crippen molar-refractivity contribution in [2.24, 2.45) is 11.2 Å². The third-order valence-corrected chi connectivity index (χ3v) is 7.04. The second-order valence-corrected chi connectivity index (χ2v) is 9.12. The Bertz CT molecular complexity index is 752. The van der Waals surface area contributed by atoms with E-state index in [2.05, 4.69) is 44.7 Å². The van der Waals surface area contributed by atoms with E-state index in [1.807, 2.05) is 0 Å². The first-order valence-corrected chi connectivity index (χ1v) is 11.6. The number of nitrogens with one attached hydrogen (secondary N) is 1. The van der Waals surface area contributed by atoms with Gasteiger partial charge >= 0.3 is 0 Å². The smallest absolute Gasteiger partial charge is 0.227 e. The zero-order chi connectivity index (χ0) is 21.6. The molecule has 0 aliphatic carbocycles. The number of amides is 2. The lowest BCUT2D eigenvalue weighted by molar-refractivity contribution is -0.133. The normalized spacial score (nSPS) is 21.9. The van der Waals surface area contributed by atoms with E-state index >= 15 is 0 Å². The van der Waals surface area contributed by atoms with Crippen LogP contribution < -0.4 is 10.2 Å². The topological polar surface area (TPSA) is 85.3 Å². The summed E-state index contributed by atoms with van der Waals surface area (Å²) >= 11 is 0. The van der Waals surface area contributed by atoms with Crippen molar-refractivity contribution in [3.8, 4) is 0 Å². The van der Waals surface area contributed by atoms with Crippen LogP contribution in [0.5, 0.6) is 0 Å². The van der Waals surface area contributed by atoms with Crippen LogP contribution in [0.1, 0.15) is 50.0 Å². The summed E-state index contributed by atoms with van der Waals surface area (Å²) in [6.45, 7) is 6.97. The average Bonchev–Trinajstić information content (AvgIpc) is 2.79. The number of benzene rings is 1. The van der Waals surface area contributed by atoms with Crippen LogP contribution in [-0.4, -0.2) is 67.5 Å². The molecule has 3 heterocycles. The molecule has 3 aliphatic rings. The average molecular weight is 428 g/mol. The van der Waals surface area contributed by atoms with Crippen molar-refractivity contribution in [3.05, 3.63) is 34.7 Å². The monoisotopic (exact) mass is 427 g/mol. The summed E-state index contributed by atoms with van der Waals surface area (Å²) in [7, 11) is 0. The summed E-state index contributed by atoms with van der Waals surface area (Å²) in [5.41, 5.74) is 2.28. The van der Waals surface area contributed by atoms with Gasteiger partial charge in [0.15, 0.2) is 0 Å². The Morgan fingerprint density at radius 3 is 2.16 bits per heavy atom. The van der Waals surface area contributed by atoms with Crippen LogP contribution in [0.4, 0.5) is 5.69 Å². The molecule has 1 aromatic rings. The summed E-state index contributed by atoms with van der Waals surface area (Å²) < 4.78 is 0. The van der Waals surface area contributed by atoms with Crippen molar-refractivity contribution in [3.63, 3.8) is 0 Å². The molecule has 8 heteroatoms. The summed E-state index contributed by atoms with van der Waals surface area (Å²) in [6.07, 6.45) is 5.43. The van der Waals surface area contributed by atoms with Crippen molar-refractivity contribution in [2.75, 3.05) is 50.7 Å². The second kappa shape index (κ2) is 10.2. The number of rotatable bonds is 7. The van der Waals surface area contributed by atoms with Crippen LogP contribution >= 0.6 is 0 Å². The van der Waals surface area contributed by atoms with Crippen molar-refractivity contribution >= 4 is 17.5 Å². The number of nitrogens with zero attached hydrogens (tertiary/aromatic N) is 4. The predicted molar refractivity (Wildman–Crippen MR) is 120 cm³/mol. The lowest BCUT2D eigenvalue weighted by Crippen LogP contribution is -2.46. The Kier molecular flexibility index (Phi) is 7.17. The molecule has 3 saturated heterocycles. The molecule has 2 amide bonds. The van der Waals surface area contributed by atoms with Crippen LogP contribution in [0.2, 0.25) is 0 Å². The SMILES string of the molecule is O=NN1CCC(CCCN2CCN(c3ccc(C4CC(=O)NC(=O)C4)cc3)CC2)CC1. The molecule has 0 radical (unpaired) electrons. The quantitative estimate of drug-likeness (QED) is 0.532. The molecule has 1 N–H and O–H groups in total. The molecule has 0 spiro atoms. The van der Waals surface area contributed by atoms with E-state index in [4.69, 9.17) is 0 Å². The van der Waals surface area contributed by atoms with E-state index in [9.17, 15) is 14.5 Å². The molecular formula is C23H33N5O3. The summed E-state index contributed by atoms with van der Waals surface area (Å²) in [4.78, 5) is 38.8. The first-order valence-electron chi connectivity index (χ1n) is 11.6. The molecule has 4 rings (SSSR count). The number of carbonyl (C=O) groups is 2. The minimum Gasteiger partial charge on any atom is -0.369 e. The standard InChI is InChI=1S/C23H33N5O3/c29-22-16-20(17-23(30)24-22)19-3-5-21(6-4-19)27-14-12-26(13-15-27)9-1-2-18-7-10-28(25-31)11-8-18/h3-6,18,20H,1-2,7-17H2,(H,24,29,30). The lowest BCUT2D eigenvalue weighted by Gasteiger charge is -2.36. The number of hydrogen-bond donors (Lipinski definition) is 1. The molecule has 31 heavy (non-hydrogen) atoms. The number of nitroso groups, excluding NO2 is 1. The van der Waals surface area contributed by atoms with Crippen LogP contribution in [0.15, 0.2) is 29.6 Å².